The molecule has 0 saturated carbocycles. The van der Waals surface area contributed by atoms with Crippen LogP contribution in [0.15, 0.2) is 203 Å². The number of aromatic nitrogens is 4. The third-order valence-corrected chi connectivity index (χ3v) is 26.3. The minimum Gasteiger partial charge on any atom is -0.456 e. The Morgan fingerprint density at radius 2 is 0.637 bits per heavy atom. The molecule has 18 rings (SSSR count). The third-order valence-electron chi connectivity index (χ3n) is 26.3. The number of para-hydroxylation sites is 1. The van der Waals surface area contributed by atoms with Gasteiger partial charge in [-0.05, 0) is 216 Å². The molecule has 0 atom stereocenters. The Labute approximate surface area is 729 Å². The molecular formula is C106H124N4O14. The predicted molar refractivity (Wildman–Crippen MR) is 494 cm³/mol. The summed E-state index contributed by atoms with van der Waals surface area (Å²) in [5.74, 6) is 0.597. The second kappa shape index (κ2) is 41.5. The molecule has 18 heteroatoms. The Balaban J connectivity index is 0.000000179. The molecule has 5 aromatic heterocycles. The molecule has 124 heavy (non-hydrogen) atoms. The highest BCUT2D eigenvalue weighted by Crippen LogP contribution is 2.45. The van der Waals surface area contributed by atoms with Crippen LogP contribution < -0.4 is 0 Å². The first-order chi connectivity index (χ1) is 61.1. The van der Waals surface area contributed by atoms with E-state index in [9.17, 15) is 0 Å². The van der Waals surface area contributed by atoms with Crippen molar-refractivity contribution in [2.75, 3.05) is 132 Å². The topological polar surface area (TPSA) is 173 Å². The van der Waals surface area contributed by atoms with E-state index < -0.39 is 0 Å². The van der Waals surface area contributed by atoms with E-state index in [0.29, 0.717) is 45.6 Å². The SMILES string of the molecule is CCC1(COCCCCCOCc2ccc3oc4c(ccc5c4c4cc(COCCCCCOCC6(CC)COC6)ccc4n5-c4nc(-c5ccccc5)cc(-c5ccccc5)n4)c3c2)COC1.CCC1(COCCCCCOCc2ccc3oc4ccc5c(c6cc(COCCCCCOCC7(CC)COC7)ccc6n5-c5ccccc5)c4c3c2)COC1. The Morgan fingerprint density at radius 1 is 0.290 bits per heavy atom. The average molecular weight is 1680 g/mol. The standard InChI is InChI=1S/C58H65N3O7.C48H59NO7/c1-3-57(38-66-39-57)36-64-29-15-7-13-27-62-34-42-21-24-51-48(32-42)54-52(61(51)56-59-49(44-17-9-5-10-18-44)33-50(60-56)45-19-11-6-12-20-45)25-23-46-47-31-43(22-26-53(47)68-55(46)54)35-63-28-14-8-16-30-65-37-58(4-2)40-67-41-58;1-3-47(32-54-33-47)30-52-24-12-6-10-22-50-28-36-16-18-41-39(26-36)45-42(49(41)38-14-8-5-9-15-38)19-21-44-46(45)40-27-37(17-20-43(40)56-44)29-51-23-11-7-13-25-53-31-48(4-2)34-55-35-48/h5-6,9-12,17-26,31-33H,3-4,7-8,13-16,27-30,34-41H2,1-2H3;5,8-9,14-21,26-27H,3-4,6-7,10-13,22-25,28-35H2,1-2H3. The molecule has 0 aliphatic carbocycles. The van der Waals surface area contributed by atoms with Crippen LogP contribution >= 0.6 is 0 Å². The minimum atomic E-state index is 0.233. The van der Waals surface area contributed by atoms with E-state index in [0.717, 1.165) is 338 Å². The van der Waals surface area contributed by atoms with E-state index in [1.165, 1.54) is 21.9 Å². The molecule has 0 unspecified atom stereocenters. The maximum atomic E-state index is 6.86. The first-order valence-electron chi connectivity index (χ1n) is 46.0. The fourth-order valence-electron chi connectivity index (χ4n) is 17.8. The van der Waals surface area contributed by atoms with Crippen LogP contribution in [0.2, 0.25) is 0 Å². The van der Waals surface area contributed by atoms with Crippen molar-refractivity contribution in [2.24, 2.45) is 21.7 Å². The lowest BCUT2D eigenvalue weighted by atomic mass is 9.84. The molecule has 0 amide bonds. The molecule has 4 aliphatic rings. The van der Waals surface area contributed by atoms with Crippen molar-refractivity contribution < 1.29 is 65.7 Å². The zero-order valence-corrected chi connectivity index (χ0v) is 73.3. The van der Waals surface area contributed by atoms with Crippen molar-refractivity contribution in [3.63, 3.8) is 0 Å². The predicted octanol–water partition coefficient (Wildman–Crippen LogP) is 24.0. The van der Waals surface area contributed by atoms with Gasteiger partial charge in [0, 0.05) is 129 Å². The first-order valence-corrected chi connectivity index (χ1v) is 46.0. The van der Waals surface area contributed by atoms with Crippen molar-refractivity contribution in [3.05, 3.63) is 216 Å². The van der Waals surface area contributed by atoms with Gasteiger partial charge in [-0.2, -0.15) is 0 Å². The van der Waals surface area contributed by atoms with Gasteiger partial charge in [-0.15, -0.1) is 0 Å². The van der Waals surface area contributed by atoms with Crippen LogP contribution in [0.3, 0.4) is 0 Å². The average Bonchev–Trinajstić information content (AvgIpc) is 1.56. The number of rotatable bonds is 48. The van der Waals surface area contributed by atoms with E-state index in [4.69, 9.17) is 75.6 Å². The van der Waals surface area contributed by atoms with Crippen LogP contribution in [0.1, 0.15) is 153 Å². The lowest BCUT2D eigenvalue weighted by Crippen LogP contribution is -2.45. The van der Waals surface area contributed by atoms with Gasteiger partial charge in [0.2, 0.25) is 5.95 Å². The van der Waals surface area contributed by atoms with E-state index >= 15 is 0 Å². The zero-order valence-electron chi connectivity index (χ0n) is 73.3. The highest BCUT2D eigenvalue weighted by Gasteiger charge is 2.40. The van der Waals surface area contributed by atoms with Gasteiger partial charge >= 0.3 is 0 Å². The number of nitrogens with zero attached hydrogens (tertiary/aromatic N) is 4. The maximum Gasteiger partial charge on any atom is 0.235 e. The molecule has 0 radical (unpaired) electrons. The molecule has 4 aliphatic heterocycles. The molecule has 652 valence electrons. The third kappa shape index (κ3) is 20.1. The molecule has 9 heterocycles. The minimum absolute atomic E-state index is 0.233. The van der Waals surface area contributed by atoms with E-state index in [2.05, 4.69) is 219 Å². The van der Waals surface area contributed by atoms with Crippen molar-refractivity contribution in [1.82, 2.24) is 19.1 Å². The second-order valence-corrected chi connectivity index (χ2v) is 35.5. The molecule has 0 N–H and O–H groups in total. The monoisotopic (exact) mass is 1680 g/mol. The number of ether oxygens (including phenoxy) is 12. The van der Waals surface area contributed by atoms with Crippen LogP contribution in [0.4, 0.5) is 0 Å². The Bertz CT molecular complexity index is 5720. The molecule has 18 nitrogen and oxygen atoms in total. The summed E-state index contributed by atoms with van der Waals surface area (Å²) >= 11 is 0. The highest BCUT2D eigenvalue weighted by atomic mass is 16.5. The lowest BCUT2D eigenvalue weighted by molar-refractivity contribution is -0.150. The largest absolute Gasteiger partial charge is 0.456 e. The fourth-order valence-corrected chi connectivity index (χ4v) is 17.8. The summed E-state index contributed by atoms with van der Waals surface area (Å²) in [6.07, 6.45) is 17.1. The molecular weight excluding hydrogens is 1550 g/mol. The molecule has 9 aromatic carbocycles. The van der Waals surface area contributed by atoms with Crippen molar-refractivity contribution >= 4 is 87.5 Å². The van der Waals surface area contributed by atoms with E-state index in [-0.39, 0.29) is 21.7 Å². The van der Waals surface area contributed by atoms with Gasteiger partial charge in [-0.1, -0.05) is 131 Å². The quantitative estimate of drug-likeness (QED) is 0.0329. The van der Waals surface area contributed by atoms with Gasteiger partial charge < -0.3 is 70.2 Å². The van der Waals surface area contributed by atoms with Crippen LogP contribution in [0.5, 0.6) is 0 Å². The smallest absolute Gasteiger partial charge is 0.235 e. The summed E-state index contributed by atoms with van der Waals surface area (Å²) in [4.78, 5) is 10.6. The summed E-state index contributed by atoms with van der Waals surface area (Å²) in [6, 6.07) is 68.4. The lowest BCUT2D eigenvalue weighted by Gasteiger charge is -2.40. The van der Waals surface area contributed by atoms with Gasteiger partial charge in [-0.3, -0.25) is 4.57 Å². The number of unbranched alkanes of at least 4 members (excludes halogenated alkanes) is 8. The van der Waals surface area contributed by atoms with Crippen molar-refractivity contribution in [1.29, 1.82) is 0 Å². The highest BCUT2D eigenvalue weighted by molar-refractivity contribution is 6.28. The van der Waals surface area contributed by atoms with Crippen molar-refractivity contribution in [3.8, 4) is 34.2 Å². The molecule has 4 fully saturated rings. The summed E-state index contributed by atoms with van der Waals surface area (Å²) in [6.45, 7) is 27.1. The van der Waals surface area contributed by atoms with Crippen LogP contribution in [-0.2, 0) is 83.3 Å². The summed E-state index contributed by atoms with van der Waals surface area (Å²) in [7, 11) is 0. The summed E-state index contributed by atoms with van der Waals surface area (Å²) in [5.41, 5.74) is 18.2. The number of furan rings is 2. The van der Waals surface area contributed by atoms with Gasteiger partial charge in [0.25, 0.3) is 0 Å². The molecule has 0 spiro atoms. The zero-order chi connectivity index (χ0) is 84.4. The van der Waals surface area contributed by atoms with E-state index in [1.54, 1.807) is 0 Å². The number of hydrogen-bond donors (Lipinski definition) is 0. The summed E-state index contributed by atoms with van der Waals surface area (Å²) in [5, 5.41) is 8.90. The van der Waals surface area contributed by atoms with Gasteiger partial charge in [0.15, 0.2) is 0 Å². The van der Waals surface area contributed by atoms with E-state index in [1.807, 2.05) is 12.1 Å². The summed E-state index contributed by atoms with van der Waals surface area (Å²) < 4.78 is 88.5. The molecule has 14 aromatic rings. The van der Waals surface area contributed by atoms with Gasteiger partial charge in [0.05, 0.1) is 145 Å². The fraction of sp³-hybridized carbons (Fsp3) is 0.453. The Hall–Kier alpha value is -9.22. The number of hydrogen-bond acceptors (Lipinski definition) is 16. The molecule has 4 saturated heterocycles. The maximum absolute atomic E-state index is 6.86. The van der Waals surface area contributed by atoms with Crippen molar-refractivity contribution in [2.45, 2.75) is 157 Å². The van der Waals surface area contributed by atoms with Crippen LogP contribution in [-0.4, -0.2) is 151 Å². The second-order valence-electron chi connectivity index (χ2n) is 35.5. The van der Waals surface area contributed by atoms with Crippen LogP contribution in [0.25, 0.3) is 122 Å². The number of fused-ring (bicyclic) bond motifs is 14. The van der Waals surface area contributed by atoms with Gasteiger partial charge in [0.1, 0.15) is 22.3 Å². The van der Waals surface area contributed by atoms with Crippen LogP contribution in [0, 0.1) is 21.7 Å². The number of benzene rings is 9. The first kappa shape index (κ1) is 86.9. The molecule has 0 bridgehead atoms. The normalized spacial score (nSPS) is 15.8. The Kier molecular flexibility index (Phi) is 29.1. The Morgan fingerprint density at radius 3 is 1.06 bits per heavy atom. The van der Waals surface area contributed by atoms with Gasteiger partial charge in [-0.25, -0.2) is 9.97 Å².